The van der Waals surface area contributed by atoms with Gasteiger partial charge < -0.3 is 14.5 Å². The van der Waals surface area contributed by atoms with Crippen molar-refractivity contribution in [1.82, 2.24) is 20.0 Å². The minimum absolute atomic E-state index is 0.343. The summed E-state index contributed by atoms with van der Waals surface area (Å²) in [6.07, 6.45) is 9.33. The molecule has 0 saturated heterocycles. The van der Waals surface area contributed by atoms with E-state index in [0.717, 1.165) is 71.9 Å². The first-order chi connectivity index (χ1) is 19.5. The highest BCUT2D eigenvalue weighted by atomic mass is 35.5. The third-order valence-corrected chi connectivity index (χ3v) is 7.72. The van der Waals surface area contributed by atoms with E-state index in [1.807, 2.05) is 42.1 Å². The minimum atomic E-state index is -0.343. The molecule has 2 aromatic carbocycles. The number of benzene rings is 2. The number of hydrogen-bond acceptors (Lipinski definition) is 7. The lowest BCUT2D eigenvalue weighted by molar-refractivity contribution is 0.303. The average molecular weight is 558 g/mol. The average Bonchev–Trinajstić information content (AvgIpc) is 3.40. The lowest BCUT2D eigenvalue weighted by Crippen LogP contribution is -2.11. The first-order valence-electron chi connectivity index (χ1n) is 13.9. The predicted octanol–water partition coefficient (Wildman–Crippen LogP) is 6.63. The Bertz CT molecular complexity index is 1730. The van der Waals surface area contributed by atoms with Gasteiger partial charge in [-0.05, 0) is 93.3 Å². The fourth-order valence-electron chi connectivity index (χ4n) is 5.45. The van der Waals surface area contributed by atoms with Crippen LogP contribution in [0.25, 0.3) is 21.9 Å². The maximum absolute atomic E-state index is 11.6. The summed E-state index contributed by atoms with van der Waals surface area (Å²) < 4.78 is 13.1. The molecule has 206 valence electrons. The van der Waals surface area contributed by atoms with Gasteiger partial charge in [0.05, 0.1) is 24.9 Å². The van der Waals surface area contributed by atoms with Crippen LogP contribution in [0, 0.1) is 6.92 Å². The minimum Gasteiger partial charge on any atom is -0.493 e. The van der Waals surface area contributed by atoms with Crippen molar-refractivity contribution in [2.24, 2.45) is 0 Å². The molecule has 0 aliphatic heterocycles. The highest BCUT2D eigenvalue weighted by Crippen LogP contribution is 2.34. The number of hydrogen-bond donors (Lipinski definition) is 1. The van der Waals surface area contributed by atoms with Crippen LogP contribution < -0.4 is 15.7 Å². The third kappa shape index (κ3) is 5.82. The standard InChI is InChI=1S/C31H32ClN5O3/c1-20-15-30(38)40-29-17-23(10-12-24(20)29)39-14-6-2-5-13-37-19-22(35-36-37)18-33-31-25-7-3-4-8-27(25)34-28-16-21(32)9-11-26(28)31/h9-12,15-17,19H,2-8,13-14,18H2,1H3,(H,33,34). The van der Waals surface area contributed by atoms with E-state index < -0.39 is 0 Å². The normalized spacial score (nSPS) is 13.1. The molecule has 0 atom stereocenters. The van der Waals surface area contributed by atoms with Crippen molar-refractivity contribution in [3.05, 3.63) is 86.6 Å². The summed E-state index contributed by atoms with van der Waals surface area (Å²) >= 11 is 6.25. The van der Waals surface area contributed by atoms with Crippen LogP contribution >= 0.6 is 11.6 Å². The summed E-state index contributed by atoms with van der Waals surface area (Å²) in [4.78, 5) is 16.6. The van der Waals surface area contributed by atoms with Gasteiger partial charge in [-0.2, -0.15) is 0 Å². The van der Waals surface area contributed by atoms with E-state index in [4.69, 9.17) is 25.7 Å². The van der Waals surface area contributed by atoms with E-state index >= 15 is 0 Å². The molecule has 1 aliphatic carbocycles. The van der Waals surface area contributed by atoms with Gasteiger partial charge in [0.1, 0.15) is 17.0 Å². The molecule has 0 spiro atoms. The predicted molar refractivity (Wildman–Crippen MR) is 157 cm³/mol. The smallest absolute Gasteiger partial charge is 0.336 e. The quantitative estimate of drug-likeness (QED) is 0.152. The van der Waals surface area contributed by atoms with Crippen molar-refractivity contribution in [1.29, 1.82) is 0 Å². The number of rotatable bonds is 10. The van der Waals surface area contributed by atoms with Crippen molar-refractivity contribution in [2.75, 3.05) is 11.9 Å². The molecule has 1 aliphatic rings. The van der Waals surface area contributed by atoms with Crippen molar-refractivity contribution in [3.63, 3.8) is 0 Å². The van der Waals surface area contributed by atoms with Gasteiger partial charge in [0.25, 0.3) is 0 Å². The maximum atomic E-state index is 11.6. The molecule has 0 fully saturated rings. The van der Waals surface area contributed by atoms with Gasteiger partial charge in [0.15, 0.2) is 0 Å². The van der Waals surface area contributed by atoms with Gasteiger partial charge in [-0.15, -0.1) is 5.10 Å². The van der Waals surface area contributed by atoms with Crippen LogP contribution in [-0.2, 0) is 25.9 Å². The summed E-state index contributed by atoms with van der Waals surface area (Å²) in [5.74, 6) is 0.709. The molecule has 0 radical (unpaired) electrons. The highest BCUT2D eigenvalue weighted by molar-refractivity contribution is 6.31. The first-order valence-corrected chi connectivity index (χ1v) is 14.3. The summed E-state index contributed by atoms with van der Waals surface area (Å²) in [6, 6.07) is 13.1. The van der Waals surface area contributed by atoms with Crippen LogP contribution in [0.15, 0.2) is 57.9 Å². The van der Waals surface area contributed by atoms with E-state index in [0.29, 0.717) is 29.5 Å². The molecular formula is C31H32ClN5O3. The third-order valence-electron chi connectivity index (χ3n) is 7.48. The zero-order valence-corrected chi connectivity index (χ0v) is 23.3. The second-order valence-electron chi connectivity index (χ2n) is 10.4. The maximum Gasteiger partial charge on any atom is 0.336 e. The fourth-order valence-corrected chi connectivity index (χ4v) is 5.61. The second kappa shape index (κ2) is 11.7. The molecule has 5 aromatic rings. The van der Waals surface area contributed by atoms with Gasteiger partial charge in [0.2, 0.25) is 0 Å². The van der Waals surface area contributed by atoms with Crippen molar-refractivity contribution in [3.8, 4) is 5.75 Å². The summed E-state index contributed by atoms with van der Waals surface area (Å²) in [5.41, 5.74) is 6.60. The van der Waals surface area contributed by atoms with Gasteiger partial charge in [-0.1, -0.05) is 16.8 Å². The summed E-state index contributed by atoms with van der Waals surface area (Å²) in [5, 5.41) is 15.1. The van der Waals surface area contributed by atoms with Crippen molar-refractivity contribution < 1.29 is 9.15 Å². The number of nitrogens with one attached hydrogen (secondary N) is 1. The largest absolute Gasteiger partial charge is 0.493 e. The number of nitrogens with zero attached hydrogens (tertiary/aromatic N) is 4. The topological polar surface area (TPSA) is 95.1 Å². The zero-order valence-electron chi connectivity index (χ0n) is 22.6. The molecule has 6 rings (SSSR count). The number of aryl methyl sites for hydroxylation is 3. The first kappa shape index (κ1) is 26.3. The molecule has 1 N–H and O–H groups in total. The van der Waals surface area contributed by atoms with E-state index in [9.17, 15) is 4.79 Å². The zero-order chi connectivity index (χ0) is 27.5. The molecule has 40 heavy (non-hydrogen) atoms. The SMILES string of the molecule is Cc1cc(=O)oc2cc(OCCCCCn3cc(CNc4c5c(nc6cc(Cl)ccc46)CCCC5)nn3)ccc12. The number of pyridine rings is 1. The van der Waals surface area contributed by atoms with Crippen LogP contribution in [0.4, 0.5) is 5.69 Å². The van der Waals surface area contributed by atoms with E-state index in [1.54, 1.807) is 6.07 Å². The molecule has 0 saturated carbocycles. The fraction of sp³-hybridized carbons (Fsp3) is 0.355. The van der Waals surface area contributed by atoms with Crippen LogP contribution in [-0.4, -0.2) is 26.6 Å². The van der Waals surface area contributed by atoms with E-state index in [2.05, 4.69) is 21.7 Å². The Morgan fingerprint density at radius 2 is 1.93 bits per heavy atom. The van der Waals surface area contributed by atoms with Crippen LogP contribution in [0.5, 0.6) is 5.75 Å². The van der Waals surface area contributed by atoms with Gasteiger partial charge in [-0.3, -0.25) is 9.67 Å². The Morgan fingerprint density at radius 3 is 2.85 bits per heavy atom. The number of anilines is 1. The van der Waals surface area contributed by atoms with Gasteiger partial charge >= 0.3 is 5.63 Å². The lowest BCUT2D eigenvalue weighted by Gasteiger charge is -2.21. The molecule has 8 nitrogen and oxygen atoms in total. The Kier molecular flexibility index (Phi) is 7.68. The number of aromatic nitrogens is 4. The van der Waals surface area contributed by atoms with Crippen LogP contribution in [0.2, 0.25) is 5.02 Å². The van der Waals surface area contributed by atoms with E-state index in [1.165, 1.54) is 30.2 Å². The van der Waals surface area contributed by atoms with Gasteiger partial charge in [-0.25, -0.2) is 4.79 Å². The highest BCUT2D eigenvalue weighted by Gasteiger charge is 2.18. The number of fused-ring (bicyclic) bond motifs is 3. The second-order valence-corrected chi connectivity index (χ2v) is 10.9. The lowest BCUT2D eigenvalue weighted by atomic mass is 9.92. The molecule has 0 amide bonds. The number of unbranched alkanes of at least 4 members (excludes halogenated alkanes) is 2. The van der Waals surface area contributed by atoms with Crippen LogP contribution in [0.1, 0.15) is 54.6 Å². The molecule has 3 heterocycles. The Labute approximate surface area is 237 Å². The molecule has 0 bridgehead atoms. The van der Waals surface area contributed by atoms with Crippen LogP contribution in [0.3, 0.4) is 0 Å². The molecule has 0 unspecified atom stereocenters. The molecule has 3 aromatic heterocycles. The van der Waals surface area contributed by atoms with E-state index in [-0.39, 0.29) is 5.63 Å². The molecular weight excluding hydrogens is 526 g/mol. The van der Waals surface area contributed by atoms with Crippen molar-refractivity contribution >= 4 is 39.2 Å². The summed E-state index contributed by atoms with van der Waals surface area (Å²) in [6.45, 7) is 3.91. The monoisotopic (exact) mass is 557 g/mol. The van der Waals surface area contributed by atoms with Crippen molar-refractivity contribution in [2.45, 2.75) is 65.0 Å². The van der Waals surface area contributed by atoms with Gasteiger partial charge in [0, 0.05) is 45.9 Å². The molecule has 9 heteroatoms. The Balaban J connectivity index is 0.994. The summed E-state index contributed by atoms with van der Waals surface area (Å²) in [7, 11) is 0. The Hall–Kier alpha value is -3.91. The number of ether oxygens (including phenoxy) is 1. The Morgan fingerprint density at radius 1 is 1.05 bits per heavy atom. The number of halogens is 1.